The maximum atomic E-state index is 9.95. The number of nitrogens with zero attached hydrogens (tertiary/aromatic N) is 1. The Bertz CT molecular complexity index is 573. The summed E-state index contributed by atoms with van der Waals surface area (Å²) in [5, 5.41) is 9.95. The van der Waals surface area contributed by atoms with E-state index in [9.17, 15) is 5.11 Å². The third kappa shape index (κ3) is 4.75. The van der Waals surface area contributed by atoms with E-state index < -0.39 is 0 Å². The van der Waals surface area contributed by atoms with Crippen molar-refractivity contribution in [3.05, 3.63) is 23.3 Å². The molecule has 0 spiro atoms. The van der Waals surface area contributed by atoms with Gasteiger partial charge in [-0.05, 0) is 120 Å². The second-order valence-corrected chi connectivity index (χ2v) is 10.5. The van der Waals surface area contributed by atoms with E-state index in [4.69, 9.17) is 0 Å². The van der Waals surface area contributed by atoms with Crippen molar-refractivity contribution < 1.29 is 5.11 Å². The molecule has 1 saturated heterocycles. The second kappa shape index (κ2) is 9.47. The summed E-state index contributed by atoms with van der Waals surface area (Å²) >= 11 is 0. The van der Waals surface area contributed by atoms with Crippen molar-refractivity contribution in [3.8, 4) is 0 Å². The van der Waals surface area contributed by atoms with E-state index in [1.807, 2.05) is 0 Å². The summed E-state index contributed by atoms with van der Waals surface area (Å²) in [6.07, 6.45) is 23.2. The number of piperidine rings is 1. The van der Waals surface area contributed by atoms with Gasteiger partial charge in [0.15, 0.2) is 0 Å². The van der Waals surface area contributed by atoms with Crippen LogP contribution in [0.5, 0.6) is 0 Å². The molecule has 0 amide bonds. The molecule has 1 aliphatic heterocycles. The van der Waals surface area contributed by atoms with Gasteiger partial charge in [0, 0.05) is 0 Å². The Morgan fingerprint density at radius 3 is 2.68 bits per heavy atom. The summed E-state index contributed by atoms with van der Waals surface area (Å²) in [7, 11) is 0. The molecule has 4 unspecified atom stereocenters. The van der Waals surface area contributed by atoms with Gasteiger partial charge in [-0.15, -0.1) is 0 Å². The molecule has 3 aliphatic carbocycles. The lowest BCUT2D eigenvalue weighted by atomic mass is 9.62. The molecular weight excluding hydrogens is 342 g/mol. The van der Waals surface area contributed by atoms with Crippen LogP contribution in [-0.2, 0) is 0 Å². The van der Waals surface area contributed by atoms with Crippen LogP contribution in [0.15, 0.2) is 23.3 Å². The zero-order valence-electron chi connectivity index (χ0n) is 18.3. The number of fused-ring (bicyclic) bond motifs is 1. The van der Waals surface area contributed by atoms with E-state index in [0.29, 0.717) is 5.41 Å². The number of likely N-dealkylation sites (tertiary alicyclic amines) is 1. The lowest BCUT2D eigenvalue weighted by Gasteiger charge is -2.42. The predicted octanol–water partition coefficient (Wildman–Crippen LogP) is 6.26. The molecule has 1 N–H and O–H groups in total. The number of aliphatic hydroxyl groups excluding tert-OH is 1. The topological polar surface area (TPSA) is 23.5 Å². The standard InChI is InChI=1S/C26H43NO/c1-26-16-6-9-22(13-12-21-8-5-11-24(28)20-21)25(26)15-14-23(26)10-7-19-27-17-3-2-4-18-27/h12-13,23-25,28H,2-11,14-20H2,1H3/b21-12-,22-13+. The lowest BCUT2D eigenvalue weighted by molar-refractivity contribution is 0.122. The molecule has 4 rings (SSSR count). The zero-order chi connectivity index (χ0) is 19.4. The molecule has 3 saturated carbocycles. The van der Waals surface area contributed by atoms with Gasteiger partial charge in [-0.1, -0.05) is 36.6 Å². The van der Waals surface area contributed by atoms with Crippen LogP contribution in [0, 0.1) is 17.3 Å². The lowest BCUT2D eigenvalue weighted by Crippen LogP contribution is -2.34. The van der Waals surface area contributed by atoms with Gasteiger partial charge < -0.3 is 10.0 Å². The molecule has 0 radical (unpaired) electrons. The summed E-state index contributed by atoms with van der Waals surface area (Å²) in [5.41, 5.74) is 3.77. The third-order valence-electron chi connectivity index (χ3n) is 8.70. The first kappa shape index (κ1) is 20.7. The molecule has 0 aromatic rings. The smallest absolute Gasteiger partial charge is 0.0577 e. The quantitative estimate of drug-likeness (QED) is 0.604. The molecule has 0 aromatic heterocycles. The van der Waals surface area contributed by atoms with Crippen molar-refractivity contribution in [2.45, 2.75) is 103 Å². The normalized spacial score (nSPS) is 40.1. The Hall–Kier alpha value is -0.600. The summed E-state index contributed by atoms with van der Waals surface area (Å²) in [6.45, 7) is 6.66. The van der Waals surface area contributed by atoms with Crippen LogP contribution in [0.3, 0.4) is 0 Å². The average molecular weight is 386 g/mol. The minimum Gasteiger partial charge on any atom is -0.393 e. The highest BCUT2D eigenvalue weighted by Crippen LogP contribution is 2.58. The molecule has 2 nitrogen and oxygen atoms in total. The molecule has 4 fully saturated rings. The number of hydrogen-bond donors (Lipinski definition) is 1. The molecule has 1 heterocycles. The minimum atomic E-state index is -0.0919. The fraction of sp³-hybridized carbons (Fsp3) is 0.846. The average Bonchev–Trinajstić information content (AvgIpc) is 3.04. The first-order valence-corrected chi connectivity index (χ1v) is 12.4. The fourth-order valence-electron chi connectivity index (χ4n) is 7.01. The zero-order valence-corrected chi connectivity index (χ0v) is 18.3. The van der Waals surface area contributed by atoms with Crippen molar-refractivity contribution >= 4 is 0 Å². The minimum absolute atomic E-state index is 0.0919. The monoisotopic (exact) mass is 385 g/mol. The largest absolute Gasteiger partial charge is 0.393 e. The molecule has 4 atom stereocenters. The Morgan fingerprint density at radius 2 is 1.86 bits per heavy atom. The Balaban J connectivity index is 1.34. The highest BCUT2D eigenvalue weighted by atomic mass is 16.3. The summed E-state index contributed by atoms with van der Waals surface area (Å²) < 4.78 is 0. The van der Waals surface area contributed by atoms with Crippen LogP contribution < -0.4 is 0 Å². The maximum Gasteiger partial charge on any atom is 0.0577 e. The van der Waals surface area contributed by atoms with Gasteiger partial charge in [0.2, 0.25) is 0 Å². The Morgan fingerprint density at radius 1 is 1.00 bits per heavy atom. The Kier molecular flexibility index (Phi) is 6.99. The van der Waals surface area contributed by atoms with Crippen LogP contribution in [0.4, 0.5) is 0 Å². The van der Waals surface area contributed by atoms with Gasteiger partial charge in [-0.2, -0.15) is 0 Å². The van der Waals surface area contributed by atoms with E-state index in [2.05, 4.69) is 24.0 Å². The SMILES string of the molecule is CC12CCC/C(=C\C=C3\CCCC(O)C3)C1CCC2CCCN1CCCCC1. The van der Waals surface area contributed by atoms with Crippen molar-refractivity contribution in [2.24, 2.45) is 17.3 Å². The van der Waals surface area contributed by atoms with Crippen molar-refractivity contribution in [2.75, 3.05) is 19.6 Å². The molecule has 4 aliphatic rings. The fourth-order valence-corrected chi connectivity index (χ4v) is 7.01. The number of allylic oxidation sites excluding steroid dienone is 3. The van der Waals surface area contributed by atoms with E-state index in [1.165, 1.54) is 95.8 Å². The second-order valence-electron chi connectivity index (χ2n) is 10.5. The maximum absolute atomic E-state index is 9.95. The van der Waals surface area contributed by atoms with Crippen LogP contribution in [0.25, 0.3) is 0 Å². The van der Waals surface area contributed by atoms with E-state index in [0.717, 1.165) is 31.1 Å². The number of aliphatic hydroxyl groups is 1. The number of hydrogen-bond acceptors (Lipinski definition) is 2. The summed E-state index contributed by atoms with van der Waals surface area (Å²) in [5.74, 6) is 1.77. The predicted molar refractivity (Wildman–Crippen MR) is 118 cm³/mol. The van der Waals surface area contributed by atoms with Crippen LogP contribution in [0.2, 0.25) is 0 Å². The molecular formula is C26H43NO. The van der Waals surface area contributed by atoms with Crippen LogP contribution in [-0.4, -0.2) is 35.7 Å². The number of rotatable bonds is 5. The van der Waals surface area contributed by atoms with E-state index in [1.54, 1.807) is 5.57 Å². The van der Waals surface area contributed by atoms with Gasteiger partial charge >= 0.3 is 0 Å². The highest BCUT2D eigenvalue weighted by molar-refractivity contribution is 5.25. The summed E-state index contributed by atoms with van der Waals surface area (Å²) in [6, 6.07) is 0. The molecule has 28 heavy (non-hydrogen) atoms. The van der Waals surface area contributed by atoms with Crippen LogP contribution in [0.1, 0.15) is 96.8 Å². The van der Waals surface area contributed by atoms with Crippen molar-refractivity contribution in [1.82, 2.24) is 4.90 Å². The van der Waals surface area contributed by atoms with Gasteiger partial charge in [-0.25, -0.2) is 0 Å². The highest BCUT2D eigenvalue weighted by Gasteiger charge is 2.48. The first-order chi connectivity index (χ1) is 13.6. The molecule has 0 bridgehead atoms. The Labute approximate surface area is 173 Å². The van der Waals surface area contributed by atoms with Crippen molar-refractivity contribution in [1.29, 1.82) is 0 Å². The molecule has 158 valence electrons. The van der Waals surface area contributed by atoms with Crippen molar-refractivity contribution in [3.63, 3.8) is 0 Å². The van der Waals surface area contributed by atoms with Gasteiger partial charge in [0.25, 0.3) is 0 Å². The van der Waals surface area contributed by atoms with Gasteiger partial charge in [0.05, 0.1) is 6.10 Å². The van der Waals surface area contributed by atoms with Crippen LogP contribution >= 0.6 is 0 Å². The summed E-state index contributed by atoms with van der Waals surface area (Å²) in [4.78, 5) is 2.72. The molecule has 2 heteroatoms. The van der Waals surface area contributed by atoms with E-state index in [-0.39, 0.29) is 6.10 Å². The van der Waals surface area contributed by atoms with E-state index >= 15 is 0 Å². The third-order valence-corrected chi connectivity index (χ3v) is 8.70. The molecule has 0 aromatic carbocycles. The van der Waals surface area contributed by atoms with Gasteiger partial charge in [0.1, 0.15) is 0 Å². The first-order valence-electron chi connectivity index (χ1n) is 12.4. The van der Waals surface area contributed by atoms with Gasteiger partial charge in [-0.3, -0.25) is 0 Å².